The number of carboxylic acid groups (broad SMARTS) is 3. The van der Waals surface area contributed by atoms with Gasteiger partial charge in [-0.05, 0) is 0 Å². The van der Waals surface area contributed by atoms with Gasteiger partial charge in [-0.3, -0.25) is 9.59 Å². The van der Waals surface area contributed by atoms with Crippen LogP contribution in [0.15, 0.2) is 0 Å². The molecule has 0 saturated carbocycles. The molecule has 0 aromatic rings. The van der Waals surface area contributed by atoms with Crippen molar-refractivity contribution in [2.75, 3.05) is 0 Å². The molecule has 0 unspecified atom stereocenters. The molecule has 0 aromatic carbocycles. The Morgan fingerprint density at radius 3 is 1.36 bits per heavy atom. The first-order valence-corrected chi connectivity index (χ1v) is 3.17. The van der Waals surface area contributed by atoms with E-state index < -0.39 is 36.4 Å². The van der Waals surface area contributed by atoms with Crippen LogP contribution in [0, 0.1) is 0 Å². The van der Waals surface area contributed by atoms with Gasteiger partial charge in [-0.15, -0.1) is 0 Å². The van der Waals surface area contributed by atoms with E-state index in [1.165, 1.54) is 0 Å². The van der Waals surface area contributed by atoms with Crippen molar-refractivity contribution < 1.29 is 51.9 Å². The largest absolute Gasteiger partial charge is 2.00 e. The molecule has 0 saturated heterocycles. The minimum absolute atomic E-state index is 0. The van der Waals surface area contributed by atoms with Crippen LogP contribution in [0.3, 0.4) is 0 Å². The summed E-state index contributed by atoms with van der Waals surface area (Å²) >= 11 is 0. The SMILES string of the molecule is O=C(O)CC(O)(CC(=O)O)C(=O)O.[Cu+2]. The van der Waals surface area contributed by atoms with Crippen LogP contribution >= 0.6 is 0 Å². The molecular formula is C6H8CuO7+2. The average molecular weight is 256 g/mol. The fourth-order valence-corrected chi connectivity index (χ4v) is 0.714. The van der Waals surface area contributed by atoms with E-state index in [1.54, 1.807) is 0 Å². The third-order valence-corrected chi connectivity index (χ3v) is 1.29. The maximum atomic E-state index is 10.3. The summed E-state index contributed by atoms with van der Waals surface area (Å²) in [4.78, 5) is 30.5. The molecule has 7 nitrogen and oxygen atoms in total. The maximum absolute atomic E-state index is 10.3. The molecule has 1 radical (unpaired) electrons. The Morgan fingerprint density at radius 2 is 1.21 bits per heavy atom. The standard InChI is InChI=1S/C6H8O7.Cu/c7-3(8)1-6(13,5(11)12)2-4(9)10;/h13H,1-2H2,(H,7,8)(H,9,10)(H,11,12);/q;+2. The molecule has 4 N–H and O–H groups in total. The molecule has 0 bridgehead atoms. The Labute approximate surface area is 88.8 Å². The van der Waals surface area contributed by atoms with Gasteiger partial charge in [0.2, 0.25) is 0 Å². The van der Waals surface area contributed by atoms with E-state index >= 15 is 0 Å². The normalized spacial score (nSPS) is 10.1. The van der Waals surface area contributed by atoms with Crippen molar-refractivity contribution in [3.8, 4) is 0 Å². The molecule has 0 fully saturated rings. The van der Waals surface area contributed by atoms with Crippen LogP contribution in [-0.4, -0.2) is 43.9 Å². The molecule has 14 heavy (non-hydrogen) atoms. The molecule has 0 aliphatic carbocycles. The van der Waals surface area contributed by atoms with Gasteiger partial charge in [0.1, 0.15) is 0 Å². The second-order valence-electron chi connectivity index (χ2n) is 2.48. The fourth-order valence-electron chi connectivity index (χ4n) is 0.714. The Balaban J connectivity index is 0. The molecule has 0 aromatic heterocycles. The zero-order chi connectivity index (χ0) is 10.6. The Morgan fingerprint density at radius 1 is 0.929 bits per heavy atom. The van der Waals surface area contributed by atoms with Crippen molar-refractivity contribution in [2.24, 2.45) is 0 Å². The predicted octanol–water partition coefficient (Wildman–Crippen LogP) is -1.25. The van der Waals surface area contributed by atoms with E-state index in [0.717, 1.165) is 0 Å². The molecule has 0 aliphatic rings. The number of aliphatic carboxylic acids is 3. The van der Waals surface area contributed by atoms with E-state index in [9.17, 15) is 14.4 Å². The van der Waals surface area contributed by atoms with Crippen LogP contribution < -0.4 is 0 Å². The summed E-state index contributed by atoms with van der Waals surface area (Å²) in [6, 6.07) is 0. The zero-order valence-corrected chi connectivity index (χ0v) is 7.67. The van der Waals surface area contributed by atoms with Crippen LogP contribution in [0.4, 0.5) is 0 Å². The quantitative estimate of drug-likeness (QED) is 0.451. The van der Waals surface area contributed by atoms with Gasteiger partial charge in [0.15, 0.2) is 5.60 Å². The topological polar surface area (TPSA) is 132 Å². The van der Waals surface area contributed by atoms with Crippen LogP contribution in [0.5, 0.6) is 0 Å². The van der Waals surface area contributed by atoms with Crippen molar-refractivity contribution >= 4 is 17.9 Å². The Bertz CT molecular complexity index is 233. The summed E-state index contributed by atoms with van der Waals surface area (Å²) < 4.78 is 0. The average Bonchev–Trinajstić information content (AvgIpc) is 1.82. The number of carboxylic acids is 3. The number of hydrogen-bond donors (Lipinski definition) is 4. The summed E-state index contributed by atoms with van der Waals surface area (Å²) in [5, 5.41) is 33.8. The summed E-state index contributed by atoms with van der Waals surface area (Å²) in [7, 11) is 0. The number of rotatable bonds is 5. The first-order valence-electron chi connectivity index (χ1n) is 3.17. The minimum Gasteiger partial charge on any atom is -0.481 e. The van der Waals surface area contributed by atoms with Crippen LogP contribution in [0.25, 0.3) is 0 Å². The Kier molecular flexibility index (Phi) is 6.13. The second-order valence-corrected chi connectivity index (χ2v) is 2.48. The van der Waals surface area contributed by atoms with Crippen molar-refractivity contribution in [3.05, 3.63) is 0 Å². The van der Waals surface area contributed by atoms with Crippen molar-refractivity contribution in [1.82, 2.24) is 0 Å². The van der Waals surface area contributed by atoms with Gasteiger partial charge in [0, 0.05) is 0 Å². The van der Waals surface area contributed by atoms with Gasteiger partial charge >= 0.3 is 35.0 Å². The first kappa shape index (κ1) is 15.4. The molecule has 0 spiro atoms. The molecule has 8 heteroatoms. The van der Waals surface area contributed by atoms with Gasteiger partial charge in [0.05, 0.1) is 12.8 Å². The van der Waals surface area contributed by atoms with E-state index in [-0.39, 0.29) is 17.1 Å². The van der Waals surface area contributed by atoms with Gasteiger partial charge < -0.3 is 20.4 Å². The van der Waals surface area contributed by atoms with E-state index in [1.807, 2.05) is 0 Å². The predicted molar refractivity (Wildman–Crippen MR) is 37.1 cm³/mol. The summed E-state index contributed by atoms with van der Waals surface area (Å²) in [5.41, 5.74) is -2.74. The Hall–Kier alpha value is -1.11. The molecule has 0 aliphatic heterocycles. The van der Waals surface area contributed by atoms with Gasteiger partial charge in [-0.2, -0.15) is 0 Å². The maximum Gasteiger partial charge on any atom is 2.00 e. The first-order chi connectivity index (χ1) is 5.78. The third kappa shape index (κ3) is 4.80. The minimum atomic E-state index is -2.74. The van der Waals surface area contributed by atoms with Crippen molar-refractivity contribution in [1.29, 1.82) is 0 Å². The van der Waals surface area contributed by atoms with Gasteiger partial charge in [-0.1, -0.05) is 0 Å². The monoisotopic (exact) mass is 255 g/mol. The second kappa shape index (κ2) is 5.58. The summed E-state index contributed by atoms with van der Waals surface area (Å²) in [5.74, 6) is -5.02. The molecular weight excluding hydrogens is 248 g/mol. The number of aliphatic hydroxyl groups is 1. The van der Waals surface area contributed by atoms with Crippen molar-refractivity contribution in [3.63, 3.8) is 0 Å². The molecule has 0 amide bonds. The number of carbonyl (C=O) groups is 3. The molecule has 0 atom stereocenters. The third-order valence-electron chi connectivity index (χ3n) is 1.29. The van der Waals surface area contributed by atoms with E-state index in [0.29, 0.717) is 0 Å². The molecule has 83 valence electrons. The zero-order valence-electron chi connectivity index (χ0n) is 6.73. The van der Waals surface area contributed by atoms with Crippen molar-refractivity contribution in [2.45, 2.75) is 18.4 Å². The molecule has 0 heterocycles. The van der Waals surface area contributed by atoms with Crippen LogP contribution in [-0.2, 0) is 31.5 Å². The summed E-state index contributed by atoms with van der Waals surface area (Å²) in [6.07, 6.45) is -2.29. The van der Waals surface area contributed by atoms with Crippen LogP contribution in [0.2, 0.25) is 0 Å². The fraction of sp³-hybridized carbons (Fsp3) is 0.500. The van der Waals surface area contributed by atoms with Gasteiger partial charge in [-0.25, -0.2) is 4.79 Å². The van der Waals surface area contributed by atoms with Crippen LogP contribution in [0.1, 0.15) is 12.8 Å². The molecule has 0 rings (SSSR count). The van der Waals surface area contributed by atoms with E-state index in [2.05, 4.69) is 0 Å². The van der Waals surface area contributed by atoms with Gasteiger partial charge in [0.25, 0.3) is 0 Å². The van der Waals surface area contributed by atoms with E-state index in [4.69, 9.17) is 20.4 Å². The number of hydrogen-bond acceptors (Lipinski definition) is 4. The summed E-state index contributed by atoms with van der Waals surface area (Å²) in [6.45, 7) is 0. The smallest absolute Gasteiger partial charge is 0.481 e.